The zero-order valence-corrected chi connectivity index (χ0v) is 12.6. The van der Waals surface area contributed by atoms with Gasteiger partial charge >= 0.3 is 0 Å². The molecule has 1 unspecified atom stereocenters. The number of hydrogen-bond acceptors (Lipinski definition) is 3. The Morgan fingerprint density at radius 2 is 2.32 bits per heavy atom. The number of hydrogen-bond donors (Lipinski definition) is 1. The number of nitrogens with one attached hydrogen (secondary N) is 1. The molecule has 0 aliphatic carbocycles. The van der Waals surface area contributed by atoms with Crippen molar-refractivity contribution in [1.29, 1.82) is 0 Å². The van der Waals surface area contributed by atoms with Crippen molar-refractivity contribution in [3.8, 4) is 0 Å². The monoisotopic (exact) mass is 277 g/mol. The lowest BCUT2D eigenvalue weighted by molar-refractivity contribution is 0.172. The topological polar surface area (TPSA) is 21.3 Å². The Hall–Kier alpha value is -0.930. The molecular formula is C16H23NOS. The van der Waals surface area contributed by atoms with Crippen LogP contribution in [0.3, 0.4) is 0 Å². The lowest BCUT2D eigenvalue weighted by Crippen LogP contribution is -2.34. The standard InChI is InChI=1S/C16H23NOS/c1-3-17-15(16-9-4-5-10-18-16)12-19-14-8-6-7-13(2)11-14/h6-9,11,15,17H,3-5,10,12H2,1-2H3. The maximum absolute atomic E-state index is 5.79. The Kier molecular flexibility index (Phi) is 5.80. The molecule has 0 fully saturated rings. The fraction of sp³-hybridized carbons (Fsp3) is 0.500. The van der Waals surface area contributed by atoms with E-state index in [1.165, 1.54) is 10.5 Å². The van der Waals surface area contributed by atoms with Gasteiger partial charge in [0, 0.05) is 10.6 Å². The highest BCUT2D eigenvalue weighted by molar-refractivity contribution is 7.99. The lowest BCUT2D eigenvalue weighted by Gasteiger charge is -2.24. The third-order valence-electron chi connectivity index (χ3n) is 3.16. The van der Waals surface area contributed by atoms with Gasteiger partial charge in [-0.15, -0.1) is 11.8 Å². The Labute approximate surface area is 120 Å². The van der Waals surface area contributed by atoms with Crippen molar-refractivity contribution >= 4 is 11.8 Å². The highest BCUT2D eigenvalue weighted by Gasteiger charge is 2.17. The van der Waals surface area contributed by atoms with Crippen LogP contribution < -0.4 is 5.32 Å². The van der Waals surface area contributed by atoms with Crippen LogP contribution in [0.15, 0.2) is 41.0 Å². The van der Waals surface area contributed by atoms with Crippen LogP contribution in [0, 0.1) is 6.92 Å². The number of allylic oxidation sites excluding steroid dienone is 1. The number of rotatable bonds is 6. The van der Waals surface area contributed by atoms with Crippen molar-refractivity contribution in [2.45, 2.75) is 37.6 Å². The zero-order valence-electron chi connectivity index (χ0n) is 11.8. The zero-order chi connectivity index (χ0) is 13.5. The van der Waals surface area contributed by atoms with Gasteiger partial charge in [-0.2, -0.15) is 0 Å². The normalized spacial score (nSPS) is 16.6. The molecule has 19 heavy (non-hydrogen) atoms. The van der Waals surface area contributed by atoms with Crippen molar-refractivity contribution in [3.05, 3.63) is 41.7 Å². The van der Waals surface area contributed by atoms with Gasteiger partial charge in [0.1, 0.15) is 5.76 Å². The van der Waals surface area contributed by atoms with Gasteiger partial charge in [-0.3, -0.25) is 0 Å². The van der Waals surface area contributed by atoms with Gasteiger partial charge in [0.15, 0.2) is 0 Å². The molecule has 1 aliphatic rings. The first kappa shape index (κ1) is 14.5. The van der Waals surface area contributed by atoms with Crippen LogP contribution in [0.4, 0.5) is 0 Å². The molecule has 2 rings (SSSR count). The van der Waals surface area contributed by atoms with Crippen LogP contribution in [0.5, 0.6) is 0 Å². The van der Waals surface area contributed by atoms with Crippen molar-refractivity contribution < 1.29 is 4.74 Å². The molecule has 1 aromatic rings. The summed E-state index contributed by atoms with van der Waals surface area (Å²) in [5.74, 6) is 2.15. The molecule has 1 heterocycles. The fourth-order valence-corrected chi connectivity index (χ4v) is 3.28. The summed E-state index contributed by atoms with van der Waals surface area (Å²) in [5, 5.41) is 3.52. The molecule has 0 radical (unpaired) electrons. The van der Waals surface area contributed by atoms with E-state index in [9.17, 15) is 0 Å². The van der Waals surface area contributed by atoms with E-state index >= 15 is 0 Å². The Morgan fingerprint density at radius 1 is 1.42 bits per heavy atom. The minimum Gasteiger partial charge on any atom is -0.497 e. The van der Waals surface area contributed by atoms with Gasteiger partial charge in [-0.25, -0.2) is 0 Å². The minimum absolute atomic E-state index is 0.329. The van der Waals surface area contributed by atoms with E-state index < -0.39 is 0 Å². The molecule has 1 aliphatic heterocycles. The highest BCUT2D eigenvalue weighted by atomic mass is 32.2. The number of thioether (sulfide) groups is 1. The quantitative estimate of drug-likeness (QED) is 0.800. The minimum atomic E-state index is 0.329. The number of likely N-dealkylation sites (N-methyl/N-ethyl adjacent to an activating group) is 1. The van der Waals surface area contributed by atoms with E-state index in [-0.39, 0.29) is 0 Å². The second-order valence-electron chi connectivity index (χ2n) is 4.83. The number of ether oxygens (including phenoxy) is 1. The van der Waals surface area contributed by atoms with E-state index in [0.717, 1.165) is 37.5 Å². The van der Waals surface area contributed by atoms with E-state index in [1.54, 1.807) is 0 Å². The first-order valence-electron chi connectivity index (χ1n) is 7.05. The highest BCUT2D eigenvalue weighted by Crippen LogP contribution is 2.23. The summed E-state index contributed by atoms with van der Waals surface area (Å²) in [6.45, 7) is 6.12. The van der Waals surface area contributed by atoms with Crippen molar-refractivity contribution in [2.75, 3.05) is 18.9 Å². The second kappa shape index (κ2) is 7.61. The summed E-state index contributed by atoms with van der Waals surface area (Å²) < 4.78 is 5.79. The summed E-state index contributed by atoms with van der Waals surface area (Å²) in [5.41, 5.74) is 1.32. The van der Waals surface area contributed by atoms with Crippen LogP contribution >= 0.6 is 11.8 Å². The molecule has 1 aromatic carbocycles. The molecule has 0 aromatic heterocycles. The van der Waals surface area contributed by atoms with Gasteiger partial charge in [0.2, 0.25) is 0 Å². The van der Waals surface area contributed by atoms with Crippen LogP contribution in [0.1, 0.15) is 25.3 Å². The van der Waals surface area contributed by atoms with Crippen LogP contribution in [-0.4, -0.2) is 24.9 Å². The summed E-state index contributed by atoms with van der Waals surface area (Å²) in [4.78, 5) is 1.33. The molecule has 1 N–H and O–H groups in total. The Bertz CT molecular complexity index is 431. The first-order valence-corrected chi connectivity index (χ1v) is 8.04. The van der Waals surface area contributed by atoms with Crippen molar-refractivity contribution in [3.63, 3.8) is 0 Å². The van der Waals surface area contributed by atoms with Gasteiger partial charge in [-0.1, -0.05) is 24.6 Å². The second-order valence-corrected chi connectivity index (χ2v) is 5.93. The SMILES string of the molecule is CCNC(CSc1cccc(C)c1)C1=CCCCO1. The molecule has 0 bridgehead atoms. The summed E-state index contributed by atoms with van der Waals surface area (Å²) in [7, 11) is 0. The molecule has 0 spiro atoms. The summed E-state index contributed by atoms with van der Waals surface area (Å²) in [6.07, 6.45) is 4.54. The first-order chi connectivity index (χ1) is 9.29. The van der Waals surface area contributed by atoms with Gasteiger partial charge in [0.05, 0.1) is 12.6 Å². The van der Waals surface area contributed by atoms with Crippen molar-refractivity contribution in [1.82, 2.24) is 5.32 Å². The van der Waals surface area contributed by atoms with E-state index in [4.69, 9.17) is 4.74 Å². The number of aryl methyl sites for hydroxylation is 1. The molecule has 0 saturated carbocycles. The van der Waals surface area contributed by atoms with Gasteiger partial charge in [-0.05, 0) is 44.5 Å². The Morgan fingerprint density at radius 3 is 3.00 bits per heavy atom. The average molecular weight is 277 g/mol. The molecule has 1 atom stereocenters. The Balaban J connectivity index is 1.95. The van der Waals surface area contributed by atoms with Gasteiger partial charge < -0.3 is 10.1 Å². The maximum atomic E-state index is 5.79. The summed E-state index contributed by atoms with van der Waals surface area (Å²) >= 11 is 1.89. The molecule has 0 saturated heterocycles. The predicted molar refractivity (Wildman–Crippen MR) is 82.6 cm³/mol. The predicted octanol–water partition coefficient (Wildman–Crippen LogP) is 3.76. The van der Waals surface area contributed by atoms with Crippen molar-refractivity contribution in [2.24, 2.45) is 0 Å². The smallest absolute Gasteiger partial charge is 0.110 e. The summed E-state index contributed by atoms with van der Waals surface area (Å²) in [6, 6.07) is 9.01. The van der Waals surface area contributed by atoms with Crippen LogP contribution in [-0.2, 0) is 4.74 Å². The number of benzene rings is 1. The van der Waals surface area contributed by atoms with E-state index in [0.29, 0.717) is 6.04 Å². The maximum Gasteiger partial charge on any atom is 0.110 e. The third-order valence-corrected chi connectivity index (χ3v) is 4.25. The molecule has 3 heteroatoms. The molecule has 104 valence electrons. The molecule has 0 amide bonds. The van der Waals surface area contributed by atoms with E-state index in [2.05, 4.69) is 49.5 Å². The lowest BCUT2D eigenvalue weighted by atomic mass is 10.1. The fourth-order valence-electron chi connectivity index (χ4n) is 2.19. The van der Waals surface area contributed by atoms with Crippen LogP contribution in [0.25, 0.3) is 0 Å². The van der Waals surface area contributed by atoms with Crippen LogP contribution in [0.2, 0.25) is 0 Å². The largest absolute Gasteiger partial charge is 0.497 e. The van der Waals surface area contributed by atoms with Gasteiger partial charge in [0.25, 0.3) is 0 Å². The average Bonchev–Trinajstić information content (AvgIpc) is 2.44. The third kappa shape index (κ3) is 4.59. The molecular weight excluding hydrogens is 254 g/mol. The molecule has 2 nitrogen and oxygen atoms in total. The van der Waals surface area contributed by atoms with E-state index in [1.807, 2.05) is 11.8 Å².